The normalized spacial score (nSPS) is 17.6. The van der Waals surface area contributed by atoms with Crippen molar-refractivity contribution in [2.24, 2.45) is 13.0 Å². The Morgan fingerprint density at radius 1 is 1.03 bits per heavy atom. The number of para-hydroxylation sites is 2. The number of fused-ring (bicyclic) bond motifs is 2. The molecule has 8 nitrogen and oxygen atoms in total. The summed E-state index contributed by atoms with van der Waals surface area (Å²) in [6.45, 7) is 4.44. The van der Waals surface area contributed by atoms with E-state index in [0.29, 0.717) is 28.7 Å². The average molecular weight is 543 g/mol. The number of benzene rings is 2. The summed E-state index contributed by atoms with van der Waals surface area (Å²) < 4.78 is 5.77. The van der Waals surface area contributed by atoms with E-state index in [2.05, 4.69) is 15.3 Å². The summed E-state index contributed by atoms with van der Waals surface area (Å²) in [7, 11) is 1.99. The highest BCUT2D eigenvalue weighted by molar-refractivity contribution is 6.30. The molecule has 9 heteroatoms. The van der Waals surface area contributed by atoms with E-state index in [1.807, 2.05) is 77.1 Å². The molecule has 1 saturated carbocycles. The SMILES string of the molecule is Cc1ncc(Cl)cc1C(=O)N[C@H]1CC[C@H](Cn2c(=O)n(-c3ccc4nc(C)n(C)c4c3)c3ccccc32)CC1. The number of halogens is 1. The van der Waals surface area contributed by atoms with Gasteiger partial charge in [0.05, 0.1) is 44.0 Å². The van der Waals surface area contributed by atoms with Crippen LogP contribution in [-0.2, 0) is 13.6 Å². The van der Waals surface area contributed by atoms with Crippen LogP contribution in [0.25, 0.3) is 27.8 Å². The zero-order chi connectivity index (χ0) is 27.3. The van der Waals surface area contributed by atoms with Crippen molar-refractivity contribution in [1.29, 1.82) is 0 Å². The van der Waals surface area contributed by atoms with Crippen molar-refractivity contribution < 1.29 is 4.79 Å². The number of nitrogens with zero attached hydrogens (tertiary/aromatic N) is 5. The summed E-state index contributed by atoms with van der Waals surface area (Å²) in [6.07, 6.45) is 5.16. The molecule has 6 rings (SSSR count). The maximum Gasteiger partial charge on any atom is 0.333 e. The third-order valence-electron chi connectivity index (χ3n) is 8.10. The molecule has 0 spiro atoms. The standard InChI is InChI=1S/C30H31ClN6O2/c1-18-24(14-21(31)16-32-18)29(38)34-22-10-8-20(9-11-22)17-36-26-6-4-5-7-27(26)37(30(36)39)23-12-13-25-28(15-23)35(3)19(2)33-25/h4-7,12-16,20,22H,8-11,17H2,1-3H3,(H,34,38)/t20-,22-. The molecule has 3 heterocycles. The molecule has 1 amide bonds. The third kappa shape index (κ3) is 4.63. The molecule has 1 N–H and O–H groups in total. The highest BCUT2D eigenvalue weighted by atomic mass is 35.5. The summed E-state index contributed by atoms with van der Waals surface area (Å²) in [5.74, 6) is 1.15. The summed E-state index contributed by atoms with van der Waals surface area (Å²) in [5.41, 5.74) is 5.73. The lowest BCUT2D eigenvalue weighted by molar-refractivity contribution is 0.0919. The largest absolute Gasteiger partial charge is 0.349 e. The molecule has 0 atom stereocenters. The molecular weight excluding hydrogens is 512 g/mol. The Kier molecular flexibility index (Phi) is 6.51. The first kappa shape index (κ1) is 25.4. The Balaban J connectivity index is 1.22. The number of nitrogens with one attached hydrogen (secondary N) is 1. The Bertz CT molecular complexity index is 1770. The van der Waals surface area contributed by atoms with Crippen molar-refractivity contribution in [3.8, 4) is 5.69 Å². The smallest absolute Gasteiger partial charge is 0.333 e. The number of imidazole rings is 2. The second kappa shape index (κ2) is 10.0. The maximum atomic E-state index is 13.8. The van der Waals surface area contributed by atoms with E-state index in [1.54, 1.807) is 12.3 Å². The predicted octanol–water partition coefficient (Wildman–Crippen LogP) is 5.33. The van der Waals surface area contributed by atoms with Gasteiger partial charge in [-0.1, -0.05) is 23.7 Å². The van der Waals surface area contributed by atoms with Crippen LogP contribution in [0, 0.1) is 19.8 Å². The molecule has 0 aliphatic heterocycles. The number of aromatic nitrogens is 5. The van der Waals surface area contributed by atoms with Crippen molar-refractivity contribution in [3.63, 3.8) is 0 Å². The quantitative estimate of drug-likeness (QED) is 0.325. The van der Waals surface area contributed by atoms with Crippen molar-refractivity contribution in [2.45, 2.75) is 52.1 Å². The van der Waals surface area contributed by atoms with E-state index in [9.17, 15) is 9.59 Å². The molecular formula is C30H31ClN6O2. The van der Waals surface area contributed by atoms with Crippen molar-refractivity contribution in [1.82, 2.24) is 29.0 Å². The summed E-state index contributed by atoms with van der Waals surface area (Å²) in [5, 5.41) is 3.61. The van der Waals surface area contributed by atoms with Gasteiger partial charge in [-0.3, -0.25) is 18.9 Å². The Morgan fingerprint density at radius 3 is 2.54 bits per heavy atom. The maximum absolute atomic E-state index is 13.8. The lowest BCUT2D eigenvalue weighted by atomic mass is 9.85. The zero-order valence-corrected chi connectivity index (χ0v) is 23.1. The van der Waals surface area contributed by atoms with Gasteiger partial charge in [0.2, 0.25) is 0 Å². The molecule has 1 aliphatic rings. The monoisotopic (exact) mass is 542 g/mol. The summed E-state index contributed by atoms with van der Waals surface area (Å²) in [6, 6.07) is 15.7. The Labute approximate surface area is 231 Å². The van der Waals surface area contributed by atoms with Gasteiger partial charge in [-0.25, -0.2) is 9.78 Å². The first-order chi connectivity index (χ1) is 18.8. The fraction of sp³-hybridized carbons (Fsp3) is 0.333. The molecule has 0 radical (unpaired) electrons. The van der Waals surface area contributed by atoms with Gasteiger partial charge in [-0.05, 0) is 81.8 Å². The van der Waals surface area contributed by atoms with Crippen LogP contribution >= 0.6 is 11.6 Å². The minimum atomic E-state index is -0.133. The number of carbonyl (C=O) groups is 1. The van der Waals surface area contributed by atoms with Gasteiger partial charge in [0, 0.05) is 25.8 Å². The minimum absolute atomic E-state index is 0.0335. The number of aryl methyl sites for hydroxylation is 3. The van der Waals surface area contributed by atoms with Gasteiger partial charge < -0.3 is 9.88 Å². The first-order valence-electron chi connectivity index (χ1n) is 13.4. The Morgan fingerprint density at radius 2 is 1.77 bits per heavy atom. The molecule has 0 unspecified atom stereocenters. The fourth-order valence-corrected chi connectivity index (χ4v) is 5.98. The Hall–Kier alpha value is -3.91. The van der Waals surface area contributed by atoms with Gasteiger partial charge in [0.25, 0.3) is 5.91 Å². The van der Waals surface area contributed by atoms with Crippen LogP contribution in [-0.4, -0.2) is 35.6 Å². The third-order valence-corrected chi connectivity index (χ3v) is 8.31. The zero-order valence-electron chi connectivity index (χ0n) is 22.3. The lowest BCUT2D eigenvalue weighted by Gasteiger charge is -2.29. The van der Waals surface area contributed by atoms with E-state index in [4.69, 9.17) is 11.6 Å². The van der Waals surface area contributed by atoms with E-state index in [1.165, 1.54) is 0 Å². The van der Waals surface area contributed by atoms with Crippen LogP contribution in [0.4, 0.5) is 0 Å². The van der Waals surface area contributed by atoms with Gasteiger partial charge in [-0.15, -0.1) is 0 Å². The van der Waals surface area contributed by atoms with Gasteiger partial charge >= 0.3 is 5.69 Å². The molecule has 0 bridgehead atoms. The second-order valence-electron chi connectivity index (χ2n) is 10.6. The number of hydrogen-bond donors (Lipinski definition) is 1. The minimum Gasteiger partial charge on any atom is -0.349 e. The summed E-state index contributed by atoms with van der Waals surface area (Å²) >= 11 is 6.05. The van der Waals surface area contributed by atoms with Crippen molar-refractivity contribution in [3.05, 3.63) is 87.3 Å². The van der Waals surface area contributed by atoms with Crippen molar-refractivity contribution in [2.75, 3.05) is 0 Å². The van der Waals surface area contributed by atoms with Crippen LogP contribution in [0.2, 0.25) is 5.02 Å². The van der Waals surface area contributed by atoms with Gasteiger partial charge in [-0.2, -0.15) is 0 Å². The van der Waals surface area contributed by atoms with Crippen LogP contribution in [0.3, 0.4) is 0 Å². The number of pyridine rings is 1. The van der Waals surface area contributed by atoms with E-state index < -0.39 is 0 Å². The average Bonchev–Trinajstić information content (AvgIpc) is 3.38. The molecule has 39 heavy (non-hydrogen) atoms. The predicted molar refractivity (Wildman–Crippen MR) is 154 cm³/mol. The number of hydrogen-bond acceptors (Lipinski definition) is 4. The number of amides is 1. The topological polar surface area (TPSA) is 86.7 Å². The van der Waals surface area contributed by atoms with Crippen LogP contribution in [0.1, 0.15) is 47.6 Å². The lowest BCUT2D eigenvalue weighted by Crippen LogP contribution is -2.39. The van der Waals surface area contributed by atoms with Gasteiger partial charge in [0.15, 0.2) is 0 Å². The highest BCUT2D eigenvalue weighted by Gasteiger charge is 2.26. The molecule has 5 aromatic rings. The van der Waals surface area contributed by atoms with Crippen molar-refractivity contribution >= 4 is 39.6 Å². The van der Waals surface area contributed by atoms with Crippen LogP contribution in [0.5, 0.6) is 0 Å². The van der Waals surface area contributed by atoms with E-state index in [0.717, 1.165) is 59.3 Å². The fourth-order valence-electron chi connectivity index (χ4n) is 5.82. The molecule has 0 saturated heterocycles. The summed E-state index contributed by atoms with van der Waals surface area (Å²) in [4.78, 5) is 35.5. The molecule has 2 aromatic carbocycles. The second-order valence-corrected chi connectivity index (χ2v) is 11.0. The number of carbonyl (C=O) groups excluding carboxylic acids is 1. The molecule has 3 aromatic heterocycles. The first-order valence-corrected chi connectivity index (χ1v) is 13.7. The number of rotatable bonds is 5. The molecule has 1 aliphatic carbocycles. The van der Waals surface area contributed by atoms with Gasteiger partial charge in [0.1, 0.15) is 5.82 Å². The van der Waals surface area contributed by atoms with Crippen LogP contribution in [0.15, 0.2) is 59.5 Å². The van der Waals surface area contributed by atoms with E-state index >= 15 is 0 Å². The van der Waals surface area contributed by atoms with Crippen LogP contribution < -0.4 is 11.0 Å². The highest BCUT2D eigenvalue weighted by Crippen LogP contribution is 2.28. The molecule has 1 fully saturated rings. The molecule has 200 valence electrons. The van der Waals surface area contributed by atoms with E-state index in [-0.39, 0.29) is 17.6 Å².